The zero-order chi connectivity index (χ0) is 38.6. The third-order valence-electron chi connectivity index (χ3n) is 10.2. The van der Waals surface area contributed by atoms with Crippen LogP contribution in [0.1, 0.15) is 64.5 Å². The number of H-pyrrole nitrogens is 2. The van der Waals surface area contributed by atoms with Gasteiger partial charge in [0.15, 0.2) is 0 Å². The molecule has 6 N–H and O–H groups in total. The maximum atomic E-state index is 14.6. The van der Waals surface area contributed by atoms with Crippen LogP contribution in [0.25, 0.3) is 33.2 Å². The minimum atomic E-state index is -0.695. The molecule has 2 aliphatic heterocycles. The van der Waals surface area contributed by atoms with Crippen molar-refractivity contribution in [1.29, 1.82) is 0 Å². The summed E-state index contributed by atoms with van der Waals surface area (Å²) in [4.78, 5) is 57.4. The molecule has 1 amide bonds. The van der Waals surface area contributed by atoms with Gasteiger partial charge in [-0.25, -0.2) is 8.78 Å². The highest BCUT2D eigenvalue weighted by molar-refractivity contribution is 5.96. The summed E-state index contributed by atoms with van der Waals surface area (Å²) >= 11 is 0. The summed E-state index contributed by atoms with van der Waals surface area (Å²) in [5, 5.41) is 1.64. The molecular formula is C39H50F2N6O6. The van der Waals surface area contributed by atoms with Gasteiger partial charge in [0.2, 0.25) is 5.91 Å². The quantitative estimate of drug-likeness (QED) is 0.128. The first-order chi connectivity index (χ1) is 25.2. The van der Waals surface area contributed by atoms with Crippen LogP contribution in [0.2, 0.25) is 0 Å². The van der Waals surface area contributed by atoms with Crippen LogP contribution in [0.4, 0.5) is 8.78 Å². The van der Waals surface area contributed by atoms with Gasteiger partial charge in [0.05, 0.1) is 30.0 Å². The van der Waals surface area contributed by atoms with Gasteiger partial charge in [-0.3, -0.25) is 19.3 Å². The fraction of sp³-hybridized carbons (Fsp3) is 0.487. The lowest BCUT2D eigenvalue weighted by Crippen LogP contribution is -2.46. The largest absolute Gasteiger partial charge is 0.461 e. The summed E-state index contributed by atoms with van der Waals surface area (Å²) < 4.78 is 40.2. The number of aromatic nitrogens is 2. The number of hydrogen-bond acceptors (Lipinski definition) is 9. The van der Waals surface area contributed by atoms with Crippen LogP contribution >= 0.6 is 0 Å². The Kier molecular flexibility index (Phi) is 12.7. The summed E-state index contributed by atoms with van der Waals surface area (Å²) in [6.07, 6.45) is 3.25. The Morgan fingerprint density at radius 2 is 1.32 bits per heavy atom. The van der Waals surface area contributed by atoms with Gasteiger partial charge in [-0.1, -0.05) is 13.8 Å². The van der Waals surface area contributed by atoms with Crippen molar-refractivity contribution in [2.75, 3.05) is 20.1 Å². The number of aromatic amines is 2. The Hall–Kier alpha value is -4.66. The molecule has 6 atom stereocenters. The second kappa shape index (κ2) is 17.0. The molecule has 2 aliphatic rings. The molecule has 12 nitrogen and oxygen atoms in total. The number of nitrogens with one attached hydrogen (secondary N) is 2. The Bertz CT molecular complexity index is 1960. The number of likely N-dealkylation sites (N-methyl/N-ethyl adjacent to an activating group) is 1. The number of esters is 2. The second-order valence-electron chi connectivity index (χ2n) is 14.1. The van der Waals surface area contributed by atoms with E-state index >= 15 is 0 Å². The van der Waals surface area contributed by atoms with Crippen LogP contribution < -0.4 is 11.5 Å². The van der Waals surface area contributed by atoms with Crippen molar-refractivity contribution >= 4 is 45.9 Å². The van der Waals surface area contributed by atoms with E-state index in [-0.39, 0.29) is 48.5 Å². The van der Waals surface area contributed by atoms with E-state index in [0.717, 1.165) is 40.3 Å². The number of aldehydes is 1. The first-order valence-corrected chi connectivity index (χ1v) is 18.1. The topological polar surface area (TPSA) is 177 Å². The van der Waals surface area contributed by atoms with Crippen LogP contribution in [-0.2, 0) is 41.5 Å². The summed E-state index contributed by atoms with van der Waals surface area (Å²) in [7, 11) is 1.99. The van der Waals surface area contributed by atoms with E-state index in [1.165, 1.54) is 38.1 Å². The van der Waals surface area contributed by atoms with Gasteiger partial charge < -0.3 is 40.6 Å². The molecule has 4 aromatic rings. The SMILES string of the molecule is CCC(N)C(=O)N1CC(OC(C)=O)CC1Cc1c(-c2[nH]c3cc(F)ccc3c2CC2CC(OC(C)=O)CN2C)[nH]c2cc(F)ccc12.CCC(N)C=O. The van der Waals surface area contributed by atoms with E-state index < -0.39 is 23.9 Å². The molecular weight excluding hydrogens is 686 g/mol. The van der Waals surface area contributed by atoms with Gasteiger partial charge in [-0.2, -0.15) is 0 Å². The van der Waals surface area contributed by atoms with Crippen LogP contribution in [0, 0.1) is 11.6 Å². The maximum absolute atomic E-state index is 14.6. The number of benzene rings is 2. The Labute approximate surface area is 307 Å². The predicted molar refractivity (Wildman–Crippen MR) is 198 cm³/mol. The summed E-state index contributed by atoms with van der Waals surface area (Å²) in [6.45, 7) is 7.31. The number of fused-ring (bicyclic) bond motifs is 2. The molecule has 0 radical (unpaired) electrons. The van der Waals surface area contributed by atoms with Crippen molar-refractivity contribution in [2.24, 2.45) is 11.5 Å². The summed E-state index contributed by atoms with van der Waals surface area (Å²) in [6, 6.07) is 7.96. The highest BCUT2D eigenvalue weighted by Crippen LogP contribution is 2.40. The molecule has 14 heteroatoms. The van der Waals surface area contributed by atoms with E-state index in [4.69, 9.17) is 20.9 Å². The lowest BCUT2D eigenvalue weighted by atomic mass is 9.95. The maximum Gasteiger partial charge on any atom is 0.302 e. The summed E-state index contributed by atoms with van der Waals surface area (Å²) in [5.41, 5.74) is 15.7. The number of amides is 1. The number of hydrogen-bond donors (Lipinski definition) is 4. The number of nitrogens with zero attached hydrogens (tertiary/aromatic N) is 2. The first kappa shape index (κ1) is 39.5. The minimum absolute atomic E-state index is 0.0374. The number of rotatable bonds is 11. The van der Waals surface area contributed by atoms with Crippen molar-refractivity contribution < 1.29 is 37.4 Å². The molecule has 4 heterocycles. The fourth-order valence-electron chi connectivity index (χ4n) is 7.51. The van der Waals surface area contributed by atoms with Crippen molar-refractivity contribution in [3.8, 4) is 11.4 Å². The molecule has 2 aromatic heterocycles. The lowest BCUT2D eigenvalue weighted by Gasteiger charge is -2.27. The monoisotopic (exact) mass is 736 g/mol. The number of halogens is 2. The molecule has 2 saturated heterocycles. The van der Waals surface area contributed by atoms with E-state index in [9.17, 15) is 28.0 Å². The highest BCUT2D eigenvalue weighted by atomic mass is 19.1. The Morgan fingerprint density at radius 1 is 0.830 bits per heavy atom. The van der Waals surface area contributed by atoms with Gasteiger partial charge in [-0.05, 0) is 80.3 Å². The third-order valence-corrected chi connectivity index (χ3v) is 10.2. The summed E-state index contributed by atoms with van der Waals surface area (Å²) in [5.74, 6) is -1.74. The van der Waals surface area contributed by atoms with Crippen molar-refractivity contribution in [2.45, 2.75) is 103 Å². The van der Waals surface area contributed by atoms with Crippen LogP contribution in [-0.4, -0.2) is 100 Å². The predicted octanol–water partition coefficient (Wildman–Crippen LogP) is 4.51. The number of likely N-dealkylation sites (tertiary alicyclic amines) is 2. The second-order valence-corrected chi connectivity index (χ2v) is 14.1. The van der Waals surface area contributed by atoms with E-state index in [1.807, 2.05) is 20.9 Å². The molecule has 0 spiro atoms. The number of carbonyl (C=O) groups is 4. The van der Waals surface area contributed by atoms with E-state index in [1.54, 1.807) is 17.0 Å². The molecule has 2 aromatic carbocycles. The smallest absolute Gasteiger partial charge is 0.302 e. The molecule has 0 aliphatic carbocycles. The van der Waals surface area contributed by atoms with Crippen molar-refractivity contribution in [1.82, 2.24) is 19.8 Å². The van der Waals surface area contributed by atoms with Crippen LogP contribution in [0.3, 0.4) is 0 Å². The number of ether oxygens (including phenoxy) is 2. The van der Waals surface area contributed by atoms with Gasteiger partial charge in [0.1, 0.15) is 30.1 Å². The van der Waals surface area contributed by atoms with Crippen LogP contribution in [0.15, 0.2) is 36.4 Å². The number of carbonyl (C=O) groups excluding carboxylic acids is 4. The third kappa shape index (κ3) is 9.11. The average molecular weight is 737 g/mol. The van der Waals surface area contributed by atoms with Crippen molar-refractivity contribution in [3.05, 3.63) is 59.2 Å². The standard InChI is InChI=1S/C35H41F2N5O5.C4H9NO/c1-5-30(38)35(45)42-17-25(47-19(3)44)13-23(42)15-29-27-9-7-21(37)11-32(27)40-34(29)33-28(26-8-6-20(36)10-31(26)39-33)14-22-12-24(16-41(22)4)46-18(2)43;1-2-4(5)3-6/h6-11,22-25,30,39-40H,5,12-17,38H2,1-4H3;3-4H,2,5H2,1H3. The lowest BCUT2D eigenvalue weighted by molar-refractivity contribution is -0.147. The molecule has 0 saturated carbocycles. The van der Waals surface area contributed by atoms with Crippen LogP contribution in [0.5, 0.6) is 0 Å². The fourth-order valence-corrected chi connectivity index (χ4v) is 7.51. The molecule has 6 unspecified atom stereocenters. The minimum Gasteiger partial charge on any atom is -0.461 e. The van der Waals surface area contributed by atoms with Gasteiger partial charge >= 0.3 is 11.9 Å². The van der Waals surface area contributed by atoms with Gasteiger partial charge in [0, 0.05) is 67.1 Å². The molecule has 2 fully saturated rings. The average Bonchev–Trinajstić information content (AvgIpc) is 3.86. The normalized spacial score (nSPS) is 21.3. The number of nitrogens with two attached hydrogens (primary N) is 2. The van der Waals surface area contributed by atoms with Gasteiger partial charge in [0.25, 0.3) is 0 Å². The van der Waals surface area contributed by atoms with E-state index in [2.05, 4.69) is 14.9 Å². The van der Waals surface area contributed by atoms with Gasteiger partial charge in [-0.15, -0.1) is 0 Å². The Morgan fingerprint density at radius 3 is 1.77 bits per heavy atom. The zero-order valence-electron chi connectivity index (χ0n) is 30.9. The van der Waals surface area contributed by atoms with Crippen molar-refractivity contribution in [3.63, 3.8) is 0 Å². The molecule has 53 heavy (non-hydrogen) atoms. The zero-order valence-corrected chi connectivity index (χ0v) is 30.9. The first-order valence-electron chi connectivity index (χ1n) is 18.1. The molecule has 6 rings (SSSR count). The molecule has 0 bridgehead atoms. The Balaban J connectivity index is 0.000000833. The molecule has 286 valence electrons. The highest BCUT2D eigenvalue weighted by Gasteiger charge is 2.40. The van der Waals surface area contributed by atoms with E-state index in [0.29, 0.717) is 55.4 Å².